The summed E-state index contributed by atoms with van der Waals surface area (Å²) in [4.78, 5) is 0. The number of aliphatic hydroxyl groups is 1. The number of hydrogen-bond acceptors (Lipinski definition) is 2. The highest BCUT2D eigenvalue weighted by atomic mass is 16.3. The van der Waals surface area contributed by atoms with Crippen molar-refractivity contribution in [1.29, 1.82) is 0 Å². The molecule has 54 valence electrons. The standard InChI is InChI=1S/C7H15NO/c1-2-6-5-7(6,8)3-4-9/h6,9H,2-5,8H2,1H3. The second-order valence-corrected chi connectivity index (χ2v) is 3.02. The number of nitrogens with two attached hydrogens (primary N) is 1. The van der Waals surface area contributed by atoms with E-state index < -0.39 is 0 Å². The topological polar surface area (TPSA) is 46.2 Å². The molecule has 0 aromatic carbocycles. The molecular weight excluding hydrogens is 114 g/mol. The van der Waals surface area contributed by atoms with Gasteiger partial charge in [0, 0.05) is 12.1 Å². The molecule has 9 heavy (non-hydrogen) atoms. The average molecular weight is 129 g/mol. The third kappa shape index (κ3) is 1.25. The molecule has 0 saturated heterocycles. The predicted octanol–water partition coefficient (Wildman–Crippen LogP) is 0.496. The van der Waals surface area contributed by atoms with E-state index in [4.69, 9.17) is 10.8 Å². The molecule has 0 aromatic rings. The van der Waals surface area contributed by atoms with E-state index in [1.165, 1.54) is 0 Å². The maximum atomic E-state index is 8.58. The van der Waals surface area contributed by atoms with Gasteiger partial charge >= 0.3 is 0 Å². The van der Waals surface area contributed by atoms with Gasteiger partial charge in [0.05, 0.1) is 0 Å². The molecule has 0 radical (unpaired) electrons. The van der Waals surface area contributed by atoms with E-state index >= 15 is 0 Å². The summed E-state index contributed by atoms with van der Waals surface area (Å²) in [5.41, 5.74) is 5.87. The van der Waals surface area contributed by atoms with E-state index in [1.807, 2.05) is 0 Å². The van der Waals surface area contributed by atoms with Gasteiger partial charge in [-0.2, -0.15) is 0 Å². The van der Waals surface area contributed by atoms with Crippen LogP contribution < -0.4 is 5.73 Å². The van der Waals surface area contributed by atoms with Gasteiger partial charge in [-0.05, 0) is 18.8 Å². The molecule has 2 unspecified atom stereocenters. The van der Waals surface area contributed by atoms with Crippen molar-refractivity contribution in [2.75, 3.05) is 6.61 Å². The van der Waals surface area contributed by atoms with E-state index in [2.05, 4.69) is 6.92 Å². The molecule has 3 N–H and O–H groups in total. The lowest BCUT2D eigenvalue weighted by Gasteiger charge is -2.06. The Labute approximate surface area is 56.1 Å². The second-order valence-electron chi connectivity index (χ2n) is 3.02. The fourth-order valence-corrected chi connectivity index (χ4v) is 1.47. The Morgan fingerprint density at radius 3 is 2.78 bits per heavy atom. The van der Waals surface area contributed by atoms with Crippen LogP contribution in [0.3, 0.4) is 0 Å². The molecule has 0 bridgehead atoms. The monoisotopic (exact) mass is 129 g/mol. The molecule has 1 saturated carbocycles. The molecule has 0 heterocycles. The molecule has 2 nitrogen and oxygen atoms in total. The summed E-state index contributed by atoms with van der Waals surface area (Å²) in [5, 5.41) is 8.58. The SMILES string of the molecule is CCC1CC1(N)CCO. The third-order valence-corrected chi connectivity index (χ3v) is 2.35. The fraction of sp³-hybridized carbons (Fsp3) is 1.00. The average Bonchev–Trinajstić information content (AvgIpc) is 2.43. The van der Waals surface area contributed by atoms with Gasteiger partial charge in [0.1, 0.15) is 0 Å². The summed E-state index contributed by atoms with van der Waals surface area (Å²) in [6.45, 7) is 2.39. The van der Waals surface area contributed by atoms with Gasteiger partial charge < -0.3 is 10.8 Å². The summed E-state index contributed by atoms with van der Waals surface area (Å²) < 4.78 is 0. The maximum Gasteiger partial charge on any atom is 0.0448 e. The Hall–Kier alpha value is -0.0800. The van der Waals surface area contributed by atoms with E-state index in [-0.39, 0.29) is 12.1 Å². The Kier molecular flexibility index (Phi) is 1.78. The van der Waals surface area contributed by atoms with Crippen LogP contribution in [-0.2, 0) is 0 Å². The molecule has 0 amide bonds. The molecule has 1 aliphatic rings. The molecule has 2 heteroatoms. The zero-order valence-corrected chi connectivity index (χ0v) is 5.93. The Bertz CT molecular complexity index is 105. The normalized spacial score (nSPS) is 41.0. The maximum absolute atomic E-state index is 8.58. The summed E-state index contributed by atoms with van der Waals surface area (Å²) in [7, 11) is 0. The first-order valence-corrected chi connectivity index (χ1v) is 3.62. The summed E-state index contributed by atoms with van der Waals surface area (Å²) >= 11 is 0. The molecule has 0 aromatic heterocycles. The predicted molar refractivity (Wildman–Crippen MR) is 37.0 cm³/mol. The smallest absolute Gasteiger partial charge is 0.0448 e. The first kappa shape index (κ1) is 7.03. The van der Waals surface area contributed by atoms with Gasteiger partial charge in [0.2, 0.25) is 0 Å². The van der Waals surface area contributed by atoms with E-state index in [1.54, 1.807) is 0 Å². The van der Waals surface area contributed by atoms with Crippen molar-refractivity contribution in [1.82, 2.24) is 0 Å². The Morgan fingerprint density at radius 1 is 1.78 bits per heavy atom. The lowest BCUT2D eigenvalue weighted by Crippen LogP contribution is -2.25. The van der Waals surface area contributed by atoms with Crippen LogP contribution in [0.15, 0.2) is 0 Å². The van der Waals surface area contributed by atoms with Gasteiger partial charge in [-0.3, -0.25) is 0 Å². The van der Waals surface area contributed by atoms with Gasteiger partial charge in [0.25, 0.3) is 0 Å². The van der Waals surface area contributed by atoms with Crippen LogP contribution in [0.25, 0.3) is 0 Å². The number of hydrogen-bond donors (Lipinski definition) is 2. The zero-order chi connectivity index (χ0) is 6.91. The molecule has 0 spiro atoms. The molecule has 2 atom stereocenters. The lowest BCUT2D eigenvalue weighted by atomic mass is 10.1. The van der Waals surface area contributed by atoms with Crippen LogP contribution in [0, 0.1) is 5.92 Å². The molecular formula is C7H15NO. The van der Waals surface area contributed by atoms with Crippen molar-refractivity contribution < 1.29 is 5.11 Å². The van der Waals surface area contributed by atoms with E-state index in [0.717, 1.165) is 19.3 Å². The Balaban J connectivity index is 2.25. The largest absolute Gasteiger partial charge is 0.396 e. The minimum Gasteiger partial charge on any atom is -0.396 e. The van der Waals surface area contributed by atoms with Crippen molar-refractivity contribution in [3.8, 4) is 0 Å². The van der Waals surface area contributed by atoms with Gasteiger partial charge in [-0.1, -0.05) is 13.3 Å². The third-order valence-electron chi connectivity index (χ3n) is 2.35. The van der Waals surface area contributed by atoms with Crippen molar-refractivity contribution in [3.05, 3.63) is 0 Å². The van der Waals surface area contributed by atoms with E-state index in [9.17, 15) is 0 Å². The zero-order valence-electron chi connectivity index (χ0n) is 5.93. The minimum absolute atomic E-state index is 0.0174. The minimum atomic E-state index is 0.0174. The number of rotatable bonds is 3. The van der Waals surface area contributed by atoms with Crippen molar-refractivity contribution in [3.63, 3.8) is 0 Å². The quantitative estimate of drug-likeness (QED) is 0.582. The highest BCUT2D eigenvalue weighted by Gasteiger charge is 2.48. The van der Waals surface area contributed by atoms with Crippen LogP contribution >= 0.6 is 0 Å². The summed E-state index contributed by atoms with van der Waals surface area (Å²) in [6.07, 6.45) is 3.06. The first-order chi connectivity index (χ1) is 4.23. The van der Waals surface area contributed by atoms with Gasteiger partial charge in [-0.25, -0.2) is 0 Å². The van der Waals surface area contributed by atoms with Crippen LogP contribution in [0.1, 0.15) is 26.2 Å². The molecule has 1 rings (SSSR count). The van der Waals surface area contributed by atoms with Crippen molar-refractivity contribution >= 4 is 0 Å². The first-order valence-electron chi connectivity index (χ1n) is 3.62. The highest BCUT2D eigenvalue weighted by molar-refractivity contribution is 5.06. The van der Waals surface area contributed by atoms with Crippen molar-refractivity contribution in [2.24, 2.45) is 11.7 Å². The summed E-state index contributed by atoms with van der Waals surface area (Å²) in [6, 6.07) is 0. The molecule has 1 aliphatic carbocycles. The second kappa shape index (κ2) is 2.27. The van der Waals surface area contributed by atoms with E-state index in [0.29, 0.717) is 5.92 Å². The van der Waals surface area contributed by atoms with Gasteiger partial charge in [-0.15, -0.1) is 0 Å². The Morgan fingerprint density at radius 2 is 2.44 bits per heavy atom. The summed E-state index contributed by atoms with van der Waals surface area (Å²) in [5.74, 6) is 0.685. The highest BCUT2D eigenvalue weighted by Crippen LogP contribution is 2.45. The van der Waals surface area contributed by atoms with Gasteiger partial charge in [0.15, 0.2) is 0 Å². The van der Waals surface area contributed by atoms with Crippen molar-refractivity contribution in [2.45, 2.75) is 31.7 Å². The van der Waals surface area contributed by atoms with Crippen LogP contribution in [0.2, 0.25) is 0 Å². The lowest BCUT2D eigenvalue weighted by molar-refractivity contribution is 0.267. The fourth-order valence-electron chi connectivity index (χ4n) is 1.47. The van der Waals surface area contributed by atoms with Crippen LogP contribution in [-0.4, -0.2) is 17.3 Å². The van der Waals surface area contributed by atoms with Crippen LogP contribution in [0.4, 0.5) is 0 Å². The molecule has 0 aliphatic heterocycles. The molecule has 1 fully saturated rings. The number of aliphatic hydroxyl groups excluding tert-OH is 1. The van der Waals surface area contributed by atoms with Crippen LogP contribution in [0.5, 0.6) is 0 Å².